The van der Waals surface area contributed by atoms with Crippen LogP contribution >= 0.6 is 0 Å². The molecule has 2 N–H and O–H groups in total. The Balaban J connectivity index is 1.75. The van der Waals surface area contributed by atoms with Gasteiger partial charge in [-0.25, -0.2) is 0 Å². The molecule has 30 heavy (non-hydrogen) atoms. The molecule has 2 amide bonds. The average molecular weight is 419 g/mol. The van der Waals surface area contributed by atoms with Crippen molar-refractivity contribution in [2.24, 2.45) is 0 Å². The lowest BCUT2D eigenvalue weighted by Crippen LogP contribution is -2.27. The number of carbonyl (C=O) groups is 2. The quantitative estimate of drug-likeness (QED) is 0.709. The molecule has 2 aromatic rings. The van der Waals surface area contributed by atoms with Crippen LogP contribution in [-0.2, 0) is 9.59 Å². The number of alkyl halides is 3. The predicted molar refractivity (Wildman–Crippen MR) is 104 cm³/mol. The Labute approximate surface area is 171 Å². The summed E-state index contributed by atoms with van der Waals surface area (Å²) in [5, 5.41) is 5.55. The van der Waals surface area contributed by atoms with Gasteiger partial charge in [-0.2, -0.15) is 0 Å². The highest BCUT2D eigenvalue weighted by molar-refractivity contribution is 6.08. The first-order valence-electron chi connectivity index (χ1n) is 9.28. The lowest BCUT2D eigenvalue weighted by Gasteiger charge is -2.20. The van der Waals surface area contributed by atoms with Gasteiger partial charge in [0.1, 0.15) is 5.75 Å². The number of hydrogen-bond acceptors (Lipinski definition) is 4. The van der Waals surface area contributed by atoms with Crippen LogP contribution in [0.5, 0.6) is 5.75 Å². The second kappa shape index (κ2) is 8.56. The van der Waals surface area contributed by atoms with Crippen LogP contribution in [0.15, 0.2) is 42.6 Å². The lowest BCUT2D eigenvalue weighted by molar-refractivity contribution is -0.274. The molecule has 158 valence electrons. The number of benzene rings is 1. The van der Waals surface area contributed by atoms with E-state index in [0.29, 0.717) is 28.9 Å². The minimum atomic E-state index is -4.76. The maximum Gasteiger partial charge on any atom is 0.573 e. The van der Waals surface area contributed by atoms with Gasteiger partial charge < -0.3 is 15.4 Å². The third-order valence-corrected chi connectivity index (χ3v) is 4.50. The van der Waals surface area contributed by atoms with Gasteiger partial charge in [0.2, 0.25) is 11.8 Å². The van der Waals surface area contributed by atoms with Crippen molar-refractivity contribution in [3.63, 3.8) is 0 Å². The molecule has 0 saturated heterocycles. The van der Waals surface area contributed by atoms with Crippen molar-refractivity contribution < 1.29 is 27.5 Å². The zero-order chi connectivity index (χ0) is 21.9. The number of pyridine rings is 1. The molecule has 1 aliphatic heterocycles. The molecular weight excluding hydrogens is 399 g/mol. The average Bonchev–Trinajstić information content (AvgIpc) is 2.65. The van der Waals surface area contributed by atoms with Crippen molar-refractivity contribution in [1.29, 1.82) is 0 Å². The van der Waals surface area contributed by atoms with Crippen LogP contribution in [0.3, 0.4) is 0 Å². The normalized spacial score (nSPS) is 15.9. The summed E-state index contributed by atoms with van der Waals surface area (Å²) in [4.78, 5) is 28.8. The highest BCUT2D eigenvalue weighted by atomic mass is 19.4. The van der Waals surface area contributed by atoms with Crippen LogP contribution in [0.25, 0.3) is 5.57 Å². The summed E-state index contributed by atoms with van der Waals surface area (Å²) in [5.74, 6) is -0.988. The summed E-state index contributed by atoms with van der Waals surface area (Å²) in [6.07, 6.45) is -1.23. The fraction of sp³-hybridized carbons (Fsp3) is 0.286. The van der Waals surface area contributed by atoms with Gasteiger partial charge >= 0.3 is 6.36 Å². The topological polar surface area (TPSA) is 80.3 Å². The van der Waals surface area contributed by atoms with E-state index in [1.54, 1.807) is 12.3 Å². The molecule has 0 spiro atoms. The van der Waals surface area contributed by atoms with E-state index in [1.165, 1.54) is 30.3 Å². The Bertz CT molecular complexity index is 985. The molecule has 0 bridgehead atoms. The van der Waals surface area contributed by atoms with Crippen LogP contribution in [0.1, 0.15) is 42.6 Å². The SMILES string of the molecule is CCC(NC(=O)/C=C1\CC(=O)Nc2cc(C)cnc21)c1ccc(OC(F)(F)F)cc1. The Kier molecular flexibility index (Phi) is 6.09. The van der Waals surface area contributed by atoms with Gasteiger partial charge in [0, 0.05) is 12.3 Å². The van der Waals surface area contributed by atoms with Gasteiger partial charge in [-0.1, -0.05) is 19.1 Å². The number of hydrogen-bond donors (Lipinski definition) is 2. The Hall–Kier alpha value is -3.36. The van der Waals surface area contributed by atoms with Gasteiger partial charge in [-0.05, 0) is 48.2 Å². The van der Waals surface area contributed by atoms with Crippen LogP contribution in [-0.4, -0.2) is 23.2 Å². The number of halogens is 3. The molecule has 1 aromatic heterocycles. The number of carbonyl (C=O) groups excluding carboxylic acids is 2. The molecule has 1 aliphatic rings. The van der Waals surface area contributed by atoms with Crippen molar-refractivity contribution in [2.45, 2.75) is 39.1 Å². The van der Waals surface area contributed by atoms with E-state index >= 15 is 0 Å². The fourth-order valence-corrected chi connectivity index (χ4v) is 3.19. The van der Waals surface area contributed by atoms with E-state index in [-0.39, 0.29) is 18.1 Å². The summed E-state index contributed by atoms with van der Waals surface area (Å²) >= 11 is 0. The maximum atomic E-state index is 12.6. The van der Waals surface area contributed by atoms with Gasteiger partial charge in [0.05, 0.1) is 23.8 Å². The van der Waals surface area contributed by atoms with Crippen LogP contribution in [0.2, 0.25) is 0 Å². The fourth-order valence-electron chi connectivity index (χ4n) is 3.19. The molecular formula is C21H20F3N3O3. The molecule has 0 radical (unpaired) electrons. The third-order valence-electron chi connectivity index (χ3n) is 4.50. The highest BCUT2D eigenvalue weighted by Crippen LogP contribution is 2.30. The lowest BCUT2D eigenvalue weighted by atomic mass is 10.00. The Morgan fingerprint density at radius 3 is 2.67 bits per heavy atom. The molecule has 0 fully saturated rings. The Morgan fingerprint density at radius 2 is 2.03 bits per heavy atom. The second-order valence-electron chi connectivity index (χ2n) is 6.89. The number of aromatic nitrogens is 1. The zero-order valence-corrected chi connectivity index (χ0v) is 16.3. The van der Waals surface area contributed by atoms with Gasteiger partial charge in [-0.15, -0.1) is 13.2 Å². The van der Waals surface area contributed by atoms with Crippen molar-refractivity contribution in [2.75, 3.05) is 5.32 Å². The molecule has 2 heterocycles. The standard InChI is InChI=1S/C21H20F3N3O3/c1-3-16(13-4-6-15(7-5-13)30-21(22,23)24)26-18(28)9-14-10-19(29)27-17-8-12(2)11-25-20(14)17/h4-9,11,16H,3,10H2,1-2H3,(H,26,28)(H,27,29)/b14-9+. The summed E-state index contributed by atoms with van der Waals surface area (Å²) in [6, 6.07) is 6.70. The van der Waals surface area contributed by atoms with Gasteiger partial charge in [-0.3, -0.25) is 14.6 Å². The molecule has 1 unspecified atom stereocenters. The van der Waals surface area contributed by atoms with E-state index < -0.39 is 18.3 Å². The second-order valence-corrected chi connectivity index (χ2v) is 6.89. The minimum absolute atomic E-state index is 0.0246. The third kappa shape index (κ3) is 5.37. The van der Waals surface area contributed by atoms with Crippen LogP contribution < -0.4 is 15.4 Å². The number of nitrogens with zero attached hydrogens (tertiary/aromatic N) is 1. The van der Waals surface area contributed by atoms with Crippen LogP contribution in [0, 0.1) is 6.92 Å². The highest BCUT2D eigenvalue weighted by Gasteiger charge is 2.31. The summed E-state index contributed by atoms with van der Waals surface area (Å²) in [6.45, 7) is 3.69. The number of ether oxygens (including phenoxy) is 1. The first-order chi connectivity index (χ1) is 14.1. The van der Waals surface area contributed by atoms with E-state index in [9.17, 15) is 22.8 Å². The molecule has 1 aromatic carbocycles. The number of rotatable bonds is 5. The van der Waals surface area contributed by atoms with Crippen molar-refractivity contribution in [1.82, 2.24) is 10.3 Å². The monoisotopic (exact) mass is 419 g/mol. The zero-order valence-electron chi connectivity index (χ0n) is 16.3. The molecule has 1 atom stereocenters. The first-order valence-corrected chi connectivity index (χ1v) is 9.28. The van der Waals surface area contributed by atoms with E-state index in [2.05, 4.69) is 20.4 Å². The number of amides is 2. The van der Waals surface area contributed by atoms with Crippen molar-refractivity contribution in [3.8, 4) is 5.75 Å². The van der Waals surface area contributed by atoms with E-state index in [0.717, 1.165) is 5.56 Å². The Morgan fingerprint density at radius 1 is 1.33 bits per heavy atom. The number of aryl methyl sites for hydroxylation is 1. The van der Waals surface area contributed by atoms with E-state index in [1.807, 2.05) is 13.8 Å². The van der Waals surface area contributed by atoms with Crippen molar-refractivity contribution >= 4 is 23.1 Å². The van der Waals surface area contributed by atoms with Gasteiger partial charge in [0.15, 0.2) is 0 Å². The van der Waals surface area contributed by atoms with Crippen molar-refractivity contribution in [3.05, 3.63) is 59.4 Å². The number of anilines is 1. The summed E-state index contributed by atoms with van der Waals surface area (Å²) in [5.41, 5.74) is 3.10. The largest absolute Gasteiger partial charge is 0.573 e. The maximum absolute atomic E-state index is 12.6. The molecule has 0 aliphatic carbocycles. The predicted octanol–water partition coefficient (Wildman–Crippen LogP) is 4.28. The minimum Gasteiger partial charge on any atom is -0.406 e. The number of nitrogens with one attached hydrogen (secondary N) is 2. The van der Waals surface area contributed by atoms with E-state index in [4.69, 9.17) is 0 Å². The first kappa shape index (κ1) is 21.4. The van der Waals surface area contributed by atoms with Crippen LogP contribution in [0.4, 0.5) is 18.9 Å². The number of fused-ring (bicyclic) bond motifs is 1. The molecule has 6 nitrogen and oxygen atoms in total. The molecule has 3 rings (SSSR count). The molecule has 0 saturated carbocycles. The van der Waals surface area contributed by atoms with Gasteiger partial charge in [0.25, 0.3) is 0 Å². The summed E-state index contributed by atoms with van der Waals surface area (Å²) < 4.78 is 40.8. The molecule has 9 heteroatoms. The smallest absolute Gasteiger partial charge is 0.406 e. The summed E-state index contributed by atoms with van der Waals surface area (Å²) in [7, 11) is 0.